The van der Waals surface area contributed by atoms with Gasteiger partial charge in [0, 0.05) is 11.2 Å². The number of benzene rings is 1. The summed E-state index contributed by atoms with van der Waals surface area (Å²) in [6.07, 6.45) is 2.48. The van der Waals surface area contributed by atoms with E-state index in [1.165, 1.54) is 17.8 Å². The molecule has 0 aliphatic heterocycles. The second kappa shape index (κ2) is 9.34. The fraction of sp³-hybridized carbons (Fsp3) is 0.350. The van der Waals surface area contributed by atoms with E-state index in [1.54, 1.807) is 6.07 Å². The van der Waals surface area contributed by atoms with E-state index in [9.17, 15) is 9.59 Å². The second-order valence-electron chi connectivity index (χ2n) is 6.67. The van der Waals surface area contributed by atoms with E-state index in [0.29, 0.717) is 10.9 Å². The van der Waals surface area contributed by atoms with Gasteiger partial charge in [0.25, 0.3) is 5.91 Å². The Morgan fingerprint density at radius 3 is 2.42 bits per heavy atom. The van der Waals surface area contributed by atoms with Gasteiger partial charge in [-0.2, -0.15) is 0 Å². The summed E-state index contributed by atoms with van der Waals surface area (Å²) in [5.74, 6) is -0.0944. The van der Waals surface area contributed by atoms with Crippen molar-refractivity contribution in [2.75, 3.05) is 6.54 Å². The van der Waals surface area contributed by atoms with Crippen LogP contribution in [0.5, 0.6) is 0 Å². The number of carbonyl (C=O) groups excluding carboxylic acids is 2. The Kier molecular flexibility index (Phi) is 7.16. The Labute approximate surface area is 159 Å². The fourth-order valence-electron chi connectivity index (χ4n) is 2.57. The van der Waals surface area contributed by atoms with Crippen LogP contribution in [0.1, 0.15) is 48.4 Å². The van der Waals surface area contributed by atoms with Crippen molar-refractivity contribution in [3.05, 3.63) is 64.4 Å². The summed E-state index contributed by atoms with van der Waals surface area (Å²) < 4.78 is 0. The highest BCUT2D eigenvalue weighted by Gasteiger charge is 2.13. The topological polar surface area (TPSA) is 71.1 Å². The molecule has 26 heavy (non-hydrogen) atoms. The molecule has 0 saturated heterocycles. The number of nitrogens with zero attached hydrogens (tertiary/aromatic N) is 1. The Balaban J connectivity index is 1.84. The second-order valence-corrected chi connectivity index (χ2v) is 7.11. The highest BCUT2D eigenvalue weighted by atomic mass is 35.5. The average molecular weight is 374 g/mol. The molecule has 0 spiro atoms. The van der Waals surface area contributed by atoms with Crippen molar-refractivity contribution in [2.45, 2.75) is 33.2 Å². The summed E-state index contributed by atoms with van der Waals surface area (Å²) in [6.45, 7) is 6.16. The van der Waals surface area contributed by atoms with E-state index >= 15 is 0 Å². The molecular formula is C20H24ClN3O2. The smallest absolute Gasteiger partial charge is 0.270 e. The maximum absolute atomic E-state index is 12.1. The van der Waals surface area contributed by atoms with Crippen molar-refractivity contribution < 1.29 is 9.59 Å². The normalized spacial score (nSPS) is 11.9. The van der Waals surface area contributed by atoms with Crippen molar-refractivity contribution in [1.29, 1.82) is 0 Å². The molecule has 0 aliphatic carbocycles. The Morgan fingerprint density at radius 1 is 1.12 bits per heavy atom. The predicted molar refractivity (Wildman–Crippen MR) is 103 cm³/mol. The largest absolute Gasteiger partial charge is 0.348 e. The molecule has 0 radical (unpaired) electrons. The third kappa shape index (κ3) is 6.15. The lowest BCUT2D eigenvalue weighted by Gasteiger charge is -2.15. The minimum Gasteiger partial charge on any atom is -0.348 e. The molecule has 2 amide bonds. The van der Waals surface area contributed by atoms with Gasteiger partial charge in [0.2, 0.25) is 5.91 Å². The summed E-state index contributed by atoms with van der Waals surface area (Å²) in [5, 5.41) is 5.84. The molecule has 6 heteroatoms. The predicted octanol–water partition coefficient (Wildman–Crippen LogP) is 3.54. The van der Waals surface area contributed by atoms with Gasteiger partial charge in [0.05, 0.1) is 12.6 Å². The molecule has 0 aliphatic rings. The molecule has 2 N–H and O–H groups in total. The fourth-order valence-corrected chi connectivity index (χ4v) is 2.73. The van der Waals surface area contributed by atoms with Gasteiger partial charge in [-0.1, -0.05) is 49.7 Å². The van der Waals surface area contributed by atoms with Gasteiger partial charge in [0.1, 0.15) is 5.69 Å². The minimum atomic E-state index is -0.437. The number of carbonyl (C=O) groups is 2. The molecule has 0 saturated carbocycles. The molecule has 1 aromatic carbocycles. The SMILES string of the molecule is CC(C)Cc1ccc([C@H](C)NC(=O)CNC(=O)c2cc(Cl)ccn2)cc1. The quantitative estimate of drug-likeness (QED) is 0.779. The van der Waals surface area contributed by atoms with Crippen LogP contribution in [0.4, 0.5) is 0 Å². The molecule has 5 nitrogen and oxygen atoms in total. The van der Waals surface area contributed by atoms with Crippen molar-refractivity contribution in [3.8, 4) is 0 Å². The highest BCUT2D eigenvalue weighted by molar-refractivity contribution is 6.30. The van der Waals surface area contributed by atoms with Crippen LogP contribution in [-0.2, 0) is 11.2 Å². The van der Waals surface area contributed by atoms with E-state index < -0.39 is 5.91 Å². The minimum absolute atomic E-state index is 0.122. The Hall–Kier alpha value is -2.40. The van der Waals surface area contributed by atoms with E-state index in [-0.39, 0.29) is 24.2 Å². The van der Waals surface area contributed by atoms with Crippen molar-refractivity contribution in [1.82, 2.24) is 15.6 Å². The van der Waals surface area contributed by atoms with Gasteiger partial charge in [-0.05, 0) is 42.5 Å². The first kappa shape index (κ1) is 19.9. The van der Waals surface area contributed by atoms with Crippen LogP contribution in [0.3, 0.4) is 0 Å². The number of hydrogen-bond donors (Lipinski definition) is 2. The number of aromatic nitrogens is 1. The molecular weight excluding hydrogens is 350 g/mol. The monoisotopic (exact) mass is 373 g/mol. The maximum atomic E-state index is 12.1. The molecule has 1 atom stereocenters. The standard InChI is InChI=1S/C20H24ClN3O2/c1-13(2)10-15-4-6-16(7-5-15)14(3)24-19(25)12-23-20(26)18-11-17(21)8-9-22-18/h4-9,11,13-14H,10,12H2,1-3H3,(H,23,26)(H,24,25)/t14-/m0/s1. The molecule has 0 fully saturated rings. The van der Waals surface area contributed by atoms with E-state index in [4.69, 9.17) is 11.6 Å². The molecule has 2 aromatic rings. The summed E-state index contributed by atoms with van der Waals surface area (Å²) in [6, 6.07) is 11.1. The van der Waals surface area contributed by atoms with Gasteiger partial charge >= 0.3 is 0 Å². The zero-order valence-electron chi connectivity index (χ0n) is 15.3. The Morgan fingerprint density at radius 2 is 1.81 bits per heavy atom. The maximum Gasteiger partial charge on any atom is 0.270 e. The Bertz CT molecular complexity index is 760. The van der Waals surface area contributed by atoms with Gasteiger partial charge < -0.3 is 10.6 Å². The summed E-state index contributed by atoms with van der Waals surface area (Å²) in [7, 11) is 0. The third-order valence-electron chi connectivity index (χ3n) is 3.87. The number of nitrogens with one attached hydrogen (secondary N) is 2. The van der Waals surface area contributed by atoms with Crippen molar-refractivity contribution in [2.24, 2.45) is 5.92 Å². The third-order valence-corrected chi connectivity index (χ3v) is 4.10. The average Bonchev–Trinajstić information content (AvgIpc) is 2.59. The lowest BCUT2D eigenvalue weighted by molar-refractivity contribution is -0.120. The molecule has 1 aromatic heterocycles. The lowest BCUT2D eigenvalue weighted by Crippen LogP contribution is -2.38. The van der Waals surface area contributed by atoms with Crippen LogP contribution < -0.4 is 10.6 Å². The first-order chi connectivity index (χ1) is 12.3. The summed E-state index contributed by atoms with van der Waals surface area (Å²) in [5.41, 5.74) is 2.48. The first-order valence-corrected chi connectivity index (χ1v) is 9.01. The number of hydrogen-bond acceptors (Lipinski definition) is 3. The van der Waals surface area contributed by atoms with Crippen LogP contribution >= 0.6 is 11.6 Å². The summed E-state index contributed by atoms with van der Waals surface area (Å²) in [4.78, 5) is 28.0. The van der Waals surface area contributed by atoms with E-state index in [2.05, 4.69) is 41.6 Å². The summed E-state index contributed by atoms with van der Waals surface area (Å²) >= 11 is 5.83. The van der Waals surface area contributed by atoms with Crippen molar-refractivity contribution >= 4 is 23.4 Å². The van der Waals surface area contributed by atoms with Crippen LogP contribution in [0.25, 0.3) is 0 Å². The number of rotatable bonds is 7. The van der Waals surface area contributed by atoms with E-state index in [0.717, 1.165) is 12.0 Å². The van der Waals surface area contributed by atoms with Crippen LogP contribution in [-0.4, -0.2) is 23.3 Å². The van der Waals surface area contributed by atoms with Crippen molar-refractivity contribution in [3.63, 3.8) is 0 Å². The van der Waals surface area contributed by atoms with Crippen LogP contribution in [0, 0.1) is 5.92 Å². The molecule has 1 heterocycles. The highest BCUT2D eigenvalue weighted by Crippen LogP contribution is 2.15. The molecule has 0 unspecified atom stereocenters. The first-order valence-electron chi connectivity index (χ1n) is 8.63. The zero-order chi connectivity index (χ0) is 19.1. The molecule has 2 rings (SSSR count). The number of amides is 2. The zero-order valence-corrected chi connectivity index (χ0v) is 16.0. The molecule has 0 bridgehead atoms. The van der Waals surface area contributed by atoms with Gasteiger partial charge in [-0.3, -0.25) is 14.6 Å². The van der Waals surface area contributed by atoms with Gasteiger partial charge in [-0.25, -0.2) is 0 Å². The lowest BCUT2D eigenvalue weighted by atomic mass is 10.00. The van der Waals surface area contributed by atoms with Crippen LogP contribution in [0.2, 0.25) is 5.02 Å². The van der Waals surface area contributed by atoms with E-state index in [1.807, 2.05) is 19.1 Å². The number of halogens is 1. The van der Waals surface area contributed by atoms with Gasteiger partial charge in [0.15, 0.2) is 0 Å². The number of pyridine rings is 1. The van der Waals surface area contributed by atoms with Gasteiger partial charge in [-0.15, -0.1) is 0 Å². The van der Waals surface area contributed by atoms with Crippen LogP contribution in [0.15, 0.2) is 42.6 Å². The molecule has 138 valence electrons.